The van der Waals surface area contributed by atoms with Crippen LogP contribution in [0.4, 0.5) is 0 Å². The lowest BCUT2D eigenvalue weighted by molar-refractivity contribution is 0.0511. The third-order valence-corrected chi connectivity index (χ3v) is 4.36. The molecule has 4 rings (SSSR count). The molecule has 0 aliphatic carbocycles. The van der Waals surface area contributed by atoms with Crippen molar-refractivity contribution in [3.8, 4) is 40.0 Å². The average Bonchev–Trinajstić information content (AvgIpc) is 3.17. The lowest BCUT2D eigenvalue weighted by atomic mass is 10.0. The van der Waals surface area contributed by atoms with E-state index in [4.69, 9.17) is 18.9 Å². The van der Waals surface area contributed by atoms with Crippen LogP contribution < -0.4 is 14.2 Å². The van der Waals surface area contributed by atoms with Gasteiger partial charge >= 0.3 is 6.01 Å². The maximum atomic E-state index is 5.49. The summed E-state index contributed by atoms with van der Waals surface area (Å²) in [6.45, 7) is 2.49. The number of ether oxygens (including phenoxy) is 4. The van der Waals surface area contributed by atoms with Crippen molar-refractivity contribution in [1.29, 1.82) is 0 Å². The second-order valence-corrected chi connectivity index (χ2v) is 6.24. The van der Waals surface area contributed by atoms with E-state index in [9.17, 15) is 0 Å². The van der Waals surface area contributed by atoms with Crippen LogP contribution in [-0.2, 0) is 4.74 Å². The van der Waals surface area contributed by atoms with E-state index in [1.807, 2.05) is 55.5 Å². The summed E-state index contributed by atoms with van der Waals surface area (Å²) in [5.41, 5.74) is 3.28. The van der Waals surface area contributed by atoms with Crippen molar-refractivity contribution in [2.24, 2.45) is 0 Å². The van der Waals surface area contributed by atoms with E-state index < -0.39 is 0 Å². The molecule has 0 amide bonds. The van der Waals surface area contributed by atoms with E-state index in [1.54, 1.807) is 18.7 Å². The van der Waals surface area contributed by atoms with Crippen molar-refractivity contribution >= 4 is 5.78 Å². The first-order chi connectivity index (χ1) is 14.7. The first kappa shape index (κ1) is 19.6. The molecule has 0 radical (unpaired) electrons. The highest BCUT2D eigenvalue weighted by atomic mass is 16.7. The van der Waals surface area contributed by atoms with Gasteiger partial charge in [-0.15, -0.1) is 10.2 Å². The Hall–Kier alpha value is -3.72. The standard InChI is InChI=1S/C21H21N5O4/c1-4-29-21-24-23-20-22-18(14-5-9-16(28-3)10-6-14)19(26(20)25-21)15-7-11-17(12-8-15)30-13-27-2/h5-12H,4,13H2,1-3H3. The number of rotatable bonds is 8. The Balaban J connectivity index is 1.85. The molecule has 0 N–H and O–H groups in total. The first-order valence-electron chi connectivity index (χ1n) is 9.36. The van der Waals surface area contributed by atoms with Crippen LogP contribution in [0, 0.1) is 0 Å². The number of imidazole rings is 1. The van der Waals surface area contributed by atoms with Crippen LogP contribution in [0.3, 0.4) is 0 Å². The van der Waals surface area contributed by atoms with Gasteiger partial charge in [-0.1, -0.05) is 5.10 Å². The van der Waals surface area contributed by atoms with Crippen LogP contribution in [0.15, 0.2) is 48.5 Å². The summed E-state index contributed by atoms with van der Waals surface area (Å²) in [7, 11) is 3.21. The van der Waals surface area contributed by atoms with Crippen LogP contribution in [0.1, 0.15) is 6.92 Å². The molecule has 9 heteroatoms. The molecule has 0 atom stereocenters. The van der Waals surface area contributed by atoms with Gasteiger partial charge in [0.25, 0.3) is 5.78 Å². The number of methoxy groups -OCH3 is 2. The Morgan fingerprint density at radius 2 is 1.53 bits per heavy atom. The Labute approximate surface area is 173 Å². The zero-order chi connectivity index (χ0) is 20.9. The lowest BCUT2D eigenvalue weighted by Crippen LogP contribution is -2.05. The van der Waals surface area contributed by atoms with Crippen molar-refractivity contribution < 1.29 is 18.9 Å². The highest BCUT2D eigenvalue weighted by Gasteiger charge is 2.19. The fraction of sp³-hybridized carbons (Fsp3) is 0.238. The van der Waals surface area contributed by atoms with Gasteiger partial charge in [0.2, 0.25) is 0 Å². The first-order valence-corrected chi connectivity index (χ1v) is 9.36. The molecule has 2 aromatic heterocycles. The quantitative estimate of drug-likeness (QED) is 0.411. The third kappa shape index (κ3) is 3.87. The molecular weight excluding hydrogens is 386 g/mol. The average molecular weight is 407 g/mol. The van der Waals surface area contributed by atoms with Crippen LogP contribution in [0.25, 0.3) is 28.3 Å². The van der Waals surface area contributed by atoms with E-state index in [0.717, 1.165) is 28.3 Å². The zero-order valence-electron chi connectivity index (χ0n) is 16.9. The molecule has 2 heterocycles. The van der Waals surface area contributed by atoms with E-state index in [0.29, 0.717) is 18.1 Å². The Morgan fingerprint density at radius 3 is 2.20 bits per heavy atom. The van der Waals surface area contributed by atoms with E-state index in [1.165, 1.54) is 0 Å². The van der Waals surface area contributed by atoms with E-state index in [-0.39, 0.29) is 12.8 Å². The second-order valence-electron chi connectivity index (χ2n) is 6.24. The monoisotopic (exact) mass is 407 g/mol. The van der Waals surface area contributed by atoms with Crippen LogP contribution >= 0.6 is 0 Å². The zero-order valence-corrected chi connectivity index (χ0v) is 16.9. The van der Waals surface area contributed by atoms with Gasteiger partial charge in [-0.05, 0) is 55.5 Å². The van der Waals surface area contributed by atoms with Gasteiger partial charge in [-0.25, -0.2) is 4.98 Å². The molecule has 4 aromatic rings. The minimum Gasteiger partial charge on any atom is -0.497 e. The highest BCUT2D eigenvalue weighted by Crippen LogP contribution is 2.33. The van der Waals surface area contributed by atoms with Crippen molar-refractivity contribution in [3.63, 3.8) is 0 Å². The summed E-state index contributed by atoms with van der Waals surface area (Å²) in [4.78, 5) is 4.67. The molecule has 0 unspecified atom stereocenters. The molecular formula is C21H21N5O4. The van der Waals surface area contributed by atoms with Gasteiger partial charge in [0.1, 0.15) is 22.9 Å². The molecule has 0 spiro atoms. The van der Waals surface area contributed by atoms with E-state index in [2.05, 4.69) is 20.3 Å². The highest BCUT2D eigenvalue weighted by molar-refractivity contribution is 5.81. The topological polar surface area (TPSA) is 92.9 Å². The molecule has 30 heavy (non-hydrogen) atoms. The lowest BCUT2D eigenvalue weighted by Gasteiger charge is -2.08. The fourth-order valence-corrected chi connectivity index (χ4v) is 2.99. The van der Waals surface area contributed by atoms with Gasteiger partial charge in [0, 0.05) is 18.2 Å². The number of hydrogen-bond acceptors (Lipinski definition) is 8. The van der Waals surface area contributed by atoms with Gasteiger partial charge < -0.3 is 18.9 Å². The Bertz CT molecular complexity index is 1130. The van der Waals surface area contributed by atoms with E-state index >= 15 is 0 Å². The molecule has 0 aliphatic heterocycles. The third-order valence-electron chi connectivity index (χ3n) is 4.36. The number of nitrogens with zero attached hydrogens (tertiary/aromatic N) is 5. The van der Waals surface area contributed by atoms with Crippen molar-refractivity contribution in [2.45, 2.75) is 6.92 Å². The minimum absolute atomic E-state index is 0.181. The summed E-state index contributed by atoms with van der Waals surface area (Å²) in [5.74, 6) is 1.84. The second kappa shape index (κ2) is 8.75. The van der Waals surface area contributed by atoms with Crippen LogP contribution in [0.5, 0.6) is 17.5 Å². The summed E-state index contributed by atoms with van der Waals surface area (Å²) >= 11 is 0. The fourth-order valence-electron chi connectivity index (χ4n) is 2.99. The number of benzene rings is 2. The van der Waals surface area contributed by atoms with Crippen molar-refractivity contribution in [1.82, 2.24) is 24.8 Å². The molecule has 0 aliphatic rings. The summed E-state index contributed by atoms with van der Waals surface area (Å²) in [5, 5.41) is 12.6. The summed E-state index contributed by atoms with van der Waals surface area (Å²) in [6, 6.07) is 15.4. The SMILES string of the molecule is CCOc1nnc2nc(-c3ccc(OC)cc3)c(-c3ccc(OCOC)cc3)n2n1. The predicted octanol–water partition coefficient (Wildman–Crippen LogP) is 3.24. The largest absolute Gasteiger partial charge is 0.497 e. The van der Waals surface area contributed by atoms with Crippen LogP contribution in [-0.4, -0.2) is 52.4 Å². The maximum absolute atomic E-state index is 5.49. The van der Waals surface area contributed by atoms with Crippen molar-refractivity contribution in [3.05, 3.63) is 48.5 Å². The summed E-state index contributed by atoms with van der Waals surface area (Å²) < 4.78 is 22.8. The minimum atomic E-state index is 0.181. The molecule has 0 saturated heterocycles. The van der Waals surface area contributed by atoms with Gasteiger partial charge in [-0.2, -0.15) is 4.52 Å². The Kier molecular flexibility index (Phi) is 5.71. The van der Waals surface area contributed by atoms with Gasteiger partial charge in [0.15, 0.2) is 6.79 Å². The maximum Gasteiger partial charge on any atom is 0.353 e. The van der Waals surface area contributed by atoms with Crippen molar-refractivity contribution in [2.75, 3.05) is 27.6 Å². The smallest absolute Gasteiger partial charge is 0.353 e. The van der Waals surface area contributed by atoms with Gasteiger partial charge in [0.05, 0.1) is 13.7 Å². The van der Waals surface area contributed by atoms with Crippen LogP contribution in [0.2, 0.25) is 0 Å². The Morgan fingerprint density at radius 1 is 0.833 bits per heavy atom. The normalized spacial score (nSPS) is 10.9. The predicted molar refractivity (Wildman–Crippen MR) is 110 cm³/mol. The molecule has 0 saturated carbocycles. The number of fused-ring (bicyclic) bond motifs is 1. The number of aromatic nitrogens is 5. The molecule has 2 aromatic carbocycles. The molecule has 0 fully saturated rings. The molecule has 0 bridgehead atoms. The molecule has 154 valence electrons. The molecule has 9 nitrogen and oxygen atoms in total. The number of hydrogen-bond donors (Lipinski definition) is 0. The summed E-state index contributed by atoms with van der Waals surface area (Å²) in [6.07, 6.45) is 0. The van der Waals surface area contributed by atoms with Gasteiger partial charge in [-0.3, -0.25) is 0 Å².